The van der Waals surface area contributed by atoms with Crippen molar-refractivity contribution in [3.05, 3.63) is 12.2 Å². The van der Waals surface area contributed by atoms with E-state index in [1.807, 2.05) is 21.1 Å². The van der Waals surface area contributed by atoms with Gasteiger partial charge in [-0.05, 0) is 32.1 Å². The van der Waals surface area contributed by atoms with Crippen molar-refractivity contribution in [2.45, 2.75) is 103 Å². The fourth-order valence-electron chi connectivity index (χ4n) is 3.37. The van der Waals surface area contributed by atoms with Gasteiger partial charge in [-0.1, -0.05) is 76.9 Å². The van der Waals surface area contributed by atoms with Crippen molar-refractivity contribution in [3.8, 4) is 0 Å². The molecule has 2 atom stereocenters. The SMILES string of the molecule is CCCCCCCCC=CCCCCCCCCOC[C@@H](O)COP(=O)(O)OCC[N+](C)(C)C. The zero-order valence-corrected chi connectivity index (χ0v) is 23.5. The van der Waals surface area contributed by atoms with Crippen LogP contribution in [0.4, 0.5) is 0 Å². The number of hydrogen-bond donors (Lipinski definition) is 2. The summed E-state index contributed by atoms with van der Waals surface area (Å²) < 4.78 is 27.6. The first-order valence-electron chi connectivity index (χ1n) is 13.5. The molecule has 0 fully saturated rings. The second kappa shape index (κ2) is 22.0. The zero-order valence-electron chi connectivity index (χ0n) is 22.6. The Morgan fingerprint density at radius 3 is 1.85 bits per heavy atom. The topological polar surface area (TPSA) is 85.2 Å². The third-order valence-corrected chi connectivity index (χ3v) is 6.54. The van der Waals surface area contributed by atoms with Gasteiger partial charge in [0.25, 0.3) is 0 Å². The number of aliphatic hydroxyl groups is 1. The highest BCUT2D eigenvalue weighted by Gasteiger charge is 2.24. The van der Waals surface area contributed by atoms with Crippen molar-refractivity contribution < 1.29 is 32.8 Å². The molecule has 0 aromatic heterocycles. The number of phosphoric acid groups is 1. The molecule has 2 N–H and O–H groups in total. The van der Waals surface area contributed by atoms with Crippen LogP contribution >= 0.6 is 7.82 Å². The van der Waals surface area contributed by atoms with Crippen molar-refractivity contribution in [2.24, 2.45) is 0 Å². The lowest BCUT2D eigenvalue weighted by Gasteiger charge is -2.24. The predicted molar refractivity (Wildman–Crippen MR) is 141 cm³/mol. The molecule has 204 valence electrons. The number of ether oxygens (including phenoxy) is 1. The third-order valence-electron chi connectivity index (χ3n) is 5.56. The molecule has 1 unspecified atom stereocenters. The minimum absolute atomic E-state index is 0.0873. The Balaban J connectivity index is 3.43. The standard InChI is InChI=1S/C26H54NO6P/c1-5-6-7-8-9-10-11-12-13-14-15-16-17-18-19-20-22-31-24-26(28)25-33-34(29,30)32-23-21-27(2,3)4/h12-13,26,28H,5-11,14-25H2,1-4H3/p+1/t26-/m1/s1. The number of unbranched alkanes of at least 4 members (excludes halogenated alkanes) is 12. The second-order valence-corrected chi connectivity index (χ2v) is 11.7. The van der Waals surface area contributed by atoms with Crippen molar-refractivity contribution in [3.63, 3.8) is 0 Å². The van der Waals surface area contributed by atoms with Gasteiger partial charge in [-0.25, -0.2) is 4.57 Å². The van der Waals surface area contributed by atoms with E-state index in [9.17, 15) is 14.6 Å². The first-order chi connectivity index (χ1) is 16.2. The number of aliphatic hydroxyl groups excluding tert-OH is 1. The highest BCUT2D eigenvalue weighted by atomic mass is 31.2. The molecule has 0 spiro atoms. The van der Waals surface area contributed by atoms with Gasteiger partial charge in [-0.3, -0.25) is 9.05 Å². The van der Waals surface area contributed by atoms with Gasteiger partial charge >= 0.3 is 7.82 Å². The molecule has 7 nitrogen and oxygen atoms in total. The average molecular weight is 509 g/mol. The van der Waals surface area contributed by atoms with Crippen molar-refractivity contribution in [2.75, 3.05) is 54.1 Å². The van der Waals surface area contributed by atoms with Crippen LogP contribution in [-0.2, 0) is 18.3 Å². The summed E-state index contributed by atoms with van der Waals surface area (Å²) in [5.74, 6) is 0. The highest BCUT2D eigenvalue weighted by molar-refractivity contribution is 7.47. The number of likely N-dealkylation sites (N-methyl/N-ethyl adjacent to an activating group) is 1. The maximum Gasteiger partial charge on any atom is 0.472 e. The van der Waals surface area contributed by atoms with Crippen LogP contribution < -0.4 is 0 Å². The number of hydrogen-bond acceptors (Lipinski definition) is 5. The van der Waals surface area contributed by atoms with Gasteiger partial charge in [0.15, 0.2) is 0 Å². The lowest BCUT2D eigenvalue weighted by atomic mass is 10.1. The van der Waals surface area contributed by atoms with E-state index >= 15 is 0 Å². The molecule has 0 saturated carbocycles. The van der Waals surface area contributed by atoms with E-state index in [4.69, 9.17) is 13.8 Å². The molecule has 0 bridgehead atoms. The maximum absolute atomic E-state index is 11.8. The average Bonchev–Trinajstić information content (AvgIpc) is 2.76. The molecular weight excluding hydrogens is 453 g/mol. The van der Waals surface area contributed by atoms with E-state index in [0.717, 1.165) is 12.8 Å². The van der Waals surface area contributed by atoms with E-state index < -0.39 is 13.9 Å². The van der Waals surface area contributed by atoms with Crippen LogP contribution in [0.2, 0.25) is 0 Å². The van der Waals surface area contributed by atoms with E-state index in [1.54, 1.807) is 0 Å². The molecule has 0 saturated heterocycles. The number of rotatable bonds is 25. The molecule has 0 aliphatic rings. The molecule has 0 aromatic carbocycles. The largest absolute Gasteiger partial charge is 0.472 e. The lowest BCUT2D eigenvalue weighted by Crippen LogP contribution is -2.37. The minimum Gasteiger partial charge on any atom is -0.388 e. The van der Waals surface area contributed by atoms with Gasteiger partial charge in [0.05, 0.1) is 34.4 Å². The Labute approximate surface area is 210 Å². The first-order valence-corrected chi connectivity index (χ1v) is 15.0. The summed E-state index contributed by atoms with van der Waals surface area (Å²) in [5.41, 5.74) is 0. The fourth-order valence-corrected chi connectivity index (χ4v) is 4.11. The Morgan fingerprint density at radius 1 is 0.765 bits per heavy atom. The summed E-state index contributed by atoms with van der Waals surface area (Å²) in [5, 5.41) is 9.86. The molecule has 0 heterocycles. The number of quaternary nitrogens is 1. The first kappa shape index (κ1) is 33.7. The molecule has 0 rings (SSSR count). The van der Waals surface area contributed by atoms with E-state index in [0.29, 0.717) is 17.6 Å². The Hall–Kier alpha value is -0.270. The summed E-state index contributed by atoms with van der Waals surface area (Å²) in [6, 6.07) is 0. The van der Waals surface area contributed by atoms with E-state index in [-0.39, 0.29) is 19.8 Å². The number of phosphoric ester groups is 1. The Morgan fingerprint density at radius 2 is 1.29 bits per heavy atom. The van der Waals surface area contributed by atoms with Crippen LogP contribution in [0.15, 0.2) is 12.2 Å². The van der Waals surface area contributed by atoms with Gasteiger partial charge in [0.2, 0.25) is 0 Å². The molecule has 8 heteroatoms. The van der Waals surface area contributed by atoms with Crippen LogP contribution in [0.1, 0.15) is 96.8 Å². The maximum atomic E-state index is 11.8. The van der Waals surface area contributed by atoms with Gasteiger partial charge in [0, 0.05) is 6.61 Å². The Kier molecular flexibility index (Phi) is 21.8. The second-order valence-electron chi connectivity index (χ2n) is 10.3. The molecule has 34 heavy (non-hydrogen) atoms. The smallest absolute Gasteiger partial charge is 0.388 e. The highest BCUT2D eigenvalue weighted by Crippen LogP contribution is 2.43. The molecule has 0 radical (unpaired) electrons. The third kappa shape index (κ3) is 26.3. The van der Waals surface area contributed by atoms with Gasteiger partial charge < -0.3 is 19.2 Å². The van der Waals surface area contributed by atoms with Crippen LogP contribution in [0.25, 0.3) is 0 Å². The van der Waals surface area contributed by atoms with Gasteiger partial charge in [-0.15, -0.1) is 0 Å². The van der Waals surface area contributed by atoms with E-state index in [1.165, 1.54) is 77.0 Å². The molecule has 0 aliphatic heterocycles. The Bertz CT molecular complexity index is 524. The molecule has 0 amide bonds. The van der Waals surface area contributed by atoms with Crippen molar-refractivity contribution >= 4 is 7.82 Å². The van der Waals surface area contributed by atoms with E-state index in [2.05, 4.69) is 19.1 Å². The van der Waals surface area contributed by atoms with Crippen molar-refractivity contribution in [1.29, 1.82) is 0 Å². The van der Waals surface area contributed by atoms with Crippen LogP contribution in [0.5, 0.6) is 0 Å². The summed E-state index contributed by atoms with van der Waals surface area (Å²) in [7, 11) is 1.75. The quantitative estimate of drug-likeness (QED) is 0.0657. The fraction of sp³-hybridized carbons (Fsp3) is 0.923. The predicted octanol–water partition coefficient (Wildman–Crippen LogP) is 6.24. The van der Waals surface area contributed by atoms with Crippen LogP contribution in [-0.4, -0.2) is 74.7 Å². The van der Waals surface area contributed by atoms with Crippen LogP contribution in [0, 0.1) is 0 Å². The summed E-state index contributed by atoms with van der Waals surface area (Å²) in [4.78, 5) is 9.64. The monoisotopic (exact) mass is 508 g/mol. The summed E-state index contributed by atoms with van der Waals surface area (Å²) >= 11 is 0. The number of nitrogens with zero attached hydrogens (tertiary/aromatic N) is 1. The summed E-state index contributed by atoms with van der Waals surface area (Å²) in [6.07, 6.45) is 21.4. The normalized spacial score (nSPS) is 15.1. The molecular formula is C26H55NO6P+. The minimum atomic E-state index is -4.14. The zero-order chi connectivity index (χ0) is 25.5. The van der Waals surface area contributed by atoms with Crippen LogP contribution in [0.3, 0.4) is 0 Å². The molecule has 0 aromatic rings. The number of allylic oxidation sites excluding steroid dienone is 2. The van der Waals surface area contributed by atoms with Gasteiger partial charge in [0.1, 0.15) is 19.3 Å². The summed E-state index contributed by atoms with van der Waals surface area (Å²) in [6.45, 7) is 3.33. The van der Waals surface area contributed by atoms with Crippen molar-refractivity contribution in [1.82, 2.24) is 0 Å². The van der Waals surface area contributed by atoms with Gasteiger partial charge in [-0.2, -0.15) is 0 Å². The lowest BCUT2D eigenvalue weighted by molar-refractivity contribution is -0.870. The molecule has 0 aliphatic carbocycles.